The molecular formula is C15H10N2O2. The lowest BCUT2D eigenvalue weighted by atomic mass is 9.98. The van der Waals surface area contributed by atoms with Crippen molar-refractivity contribution in [3.63, 3.8) is 0 Å². The van der Waals surface area contributed by atoms with Gasteiger partial charge in [-0.2, -0.15) is 0 Å². The number of hydrogen-bond acceptors (Lipinski definition) is 2. The Morgan fingerprint density at radius 1 is 0.789 bits per heavy atom. The summed E-state index contributed by atoms with van der Waals surface area (Å²) in [5, 5.41) is 2.19. The summed E-state index contributed by atoms with van der Waals surface area (Å²) >= 11 is 0. The molecule has 92 valence electrons. The van der Waals surface area contributed by atoms with E-state index in [0.717, 1.165) is 33.3 Å². The maximum absolute atomic E-state index is 12.1. The SMILES string of the molecule is O=C1Cc2ccc3ccc4c5c3c2N1CN5C(=O)C4. The van der Waals surface area contributed by atoms with Crippen LogP contribution in [0, 0.1) is 0 Å². The highest BCUT2D eigenvalue weighted by atomic mass is 16.2. The van der Waals surface area contributed by atoms with Crippen molar-refractivity contribution < 1.29 is 9.59 Å². The Kier molecular flexibility index (Phi) is 1.40. The number of benzene rings is 2. The first-order chi connectivity index (χ1) is 9.24. The molecule has 3 aliphatic heterocycles. The van der Waals surface area contributed by atoms with Gasteiger partial charge in [0.15, 0.2) is 0 Å². The molecule has 0 N–H and O–H groups in total. The highest BCUT2D eigenvalue weighted by molar-refractivity contribution is 6.22. The van der Waals surface area contributed by atoms with Crippen LogP contribution in [0.15, 0.2) is 24.3 Å². The predicted octanol–water partition coefficient (Wildman–Crippen LogP) is 1.59. The molecule has 4 nitrogen and oxygen atoms in total. The highest BCUT2D eigenvalue weighted by Crippen LogP contribution is 2.48. The molecule has 0 fully saturated rings. The van der Waals surface area contributed by atoms with Gasteiger partial charge in [0, 0.05) is 5.39 Å². The van der Waals surface area contributed by atoms with Gasteiger partial charge in [-0.3, -0.25) is 19.4 Å². The fourth-order valence-electron chi connectivity index (χ4n) is 3.58. The van der Waals surface area contributed by atoms with Crippen LogP contribution in [0.3, 0.4) is 0 Å². The fraction of sp³-hybridized carbons (Fsp3) is 0.200. The van der Waals surface area contributed by atoms with Gasteiger partial charge in [-0.1, -0.05) is 24.3 Å². The summed E-state index contributed by atoms with van der Waals surface area (Å²) in [6.45, 7) is 0.383. The Morgan fingerprint density at radius 2 is 1.32 bits per heavy atom. The molecule has 5 rings (SSSR count). The summed E-state index contributed by atoms with van der Waals surface area (Å²) in [7, 11) is 0. The predicted molar refractivity (Wildman–Crippen MR) is 71.2 cm³/mol. The normalized spacial score (nSPS) is 18.9. The van der Waals surface area contributed by atoms with E-state index < -0.39 is 0 Å². The van der Waals surface area contributed by atoms with Crippen LogP contribution >= 0.6 is 0 Å². The zero-order chi connectivity index (χ0) is 12.7. The van der Waals surface area contributed by atoms with E-state index in [1.807, 2.05) is 12.1 Å². The van der Waals surface area contributed by atoms with Crippen LogP contribution in [0.5, 0.6) is 0 Å². The molecule has 4 heteroatoms. The van der Waals surface area contributed by atoms with Crippen molar-refractivity contribution in [2.45, 2.75) is 12.8 Å². The summed E-state index contributed by atoms with van der Waals surface area (Å²) in [5.41, 5.74) is 4.24. The van der Waals surface area contributed by atoms with Crippen LogP contribution < -0.4 is 9.80 Å². The number of nitrogens with zero attached hydrogens (tertiary/aromatic N) is 2. The molecule has 0 atom stereocenters. The smallest absolute Gasteiger partial charge is 0.233 e. The van der Waals surface area contributed by atoms with E-state index >= 15 is 0 Å². The average Bonchev–Trinajstić information content (AvgIpc) is 2.91. The van der Waals surface area contributed by atoms with Crippen molar-refractivity contribution in [3.05, 3.63) is 35.4 Å². The molecule has 2 aromatic rings. The van der Waals surface area contributed by atoms with Crippen molar-refractivity contribution in [1.82, 2.24) is 0 Å². The maximum Gasteiger partial charge on any atom is 0.233 e. The molecule has 0 unspecified atom stereocenters. The number of carbonyl (C=O) groups is 2. The molecule has 0 bridgehead atoms. The number of rotatable bonds is 0. The zero-order valence-electron chi connectivity index (χ0n) is 10.1. The third-order valence-corrected chi connectivity index (χ3v) is 4.41. The van der Waals surface area contributed by atoms with E-state index in [0.29, 0.717) is 19.5 Å². The topological polar surface area (TPSA) is 40.6 Å². The Balaban J connectivity index is 2.02. The Hall–Kier alpha value is -2.36. The third-order valence-electron chi connectivity index (χ3n) is 4.41. The Morgan fingerprint density at radius 3 is 1.84 bits per heavy atom. The number of carbonyl (C=O) groups excluding carboxylic acids is 2. The molecule has 0 aromatic heterocycles. The average molecular weight is 250 g/mol. The summed E-state index contributed by atoms with van der Waals surface area (Å²) in [4.78, 5) is 27.7. The lowest BCUT2D eigenvalue weighted by Crippen LogP contribution is -2.43. The lowest BCUT2D eigenvalue weighted by molar-refractivity contribution is -0.118. The van der Waals surface area contributed by atoms with E-state index in [4.69, 9.17) is 0 Å². The quantitative estimate of drug-likeness (QED) is 0.712. The molecule has 19 heavy (non-hydrogen) atoms. The molecule has 0 saturated heterocycles. The minimum absolute atomic E-state index is 0.0956. The van der Waals surface area contributed by atoms with E-state index in [9.17, 15) is 9.59 Å². The first kappa shape index (κ1) is 9.55. The van der Waals surface area contributed by atoms with Crippen molar-refractivity contribution in [2.24, 2.45) is 0 Å². The second-order valence-electron chi connectivity index (χ2n) is 5.38. The van der Waals surface area contributed by atoms with Crippen molar-refractivity contribution >= 4 is 34.0 Å². The molecule has 0 aliphatic carbocycles. The van der Waals surface area contributed by atoms with Crippen LogP contribution in [0.4, 0.5) is 11.4 Å². The van der Waals surface area contributed by atoms with E-state index in [1.165, 1.54) is 0 Å². The minimum Gasteiger partial charge on any atom is -0.292 e. The summed E-state index contributed by atoms with van der Waals surface area (Å²) in [6.07, 6.45) is 0.911. The lowest BCUT2D eigenvalue weighted by Gasteiger charge is -2.32. The van der Waals surface area contributed by atoms with Crippen molar-refractivity contribution in [1.29, 1.82) is 0 Å². The first-order valence-corrected chi connectivity index (χ1v) is 6.42. The molecule has 2 amide bonds. The molecule has 0 spiro atoms. The summed E-state index contributed by atoms with van der Waals surface area (Å²) in [6, 6.07) is 8.18. The van der Waals surface area contributed by atoms with Gasteiger partial charge in [-0.15, -0.1) is 0 Å². The van der Waals surface area contributed by atoms with Crippen LogP contribution in [-0.4, -0.2) is 18.5 Å². The maximum atomic E-state index is 12.1. The second-order valence-corrected chi connectivity index (χ2v) is 5.38. The van der Waals surface area contributed by atoms with Gasteiger partial charge < -0.3 is 0 Å². The van der Waals surface area contributed by atoms with Gasteiger partial charge >= 0.3 is 0 Å². The number of anilines is 2. The van der Waals surface area contributed by atoms with Gasteiger partial charge in [0.1, 0.15) is 6.67 Å². The third kappa shape index (κ3) is 0.940. The van der Waals surface area contributed by atoms with E-state index in [2.05, 4.69) is 12.1 Å². The minimum atomic E-state index is 0.0956. The van der Waals surface area contributed by atoms with Gasteiger partial charge in [-0.25, -0.2) is 0 Å². The summed E-state index contributed by atoms with van der Waals surface area (Å²) in [5.74, 6) is 0.191. The molecule has 0 saturated carbocycles. The van der Waals surface area contributed by atoms with Crippen LogP contribution in [0.25, 0.3) is 10.8 Å². The van der Waals surface area contributed by atoms with E-state index in [1.54, 1.807) is 9.80 Å². The molecular weight excluding hydrogens is 240 g/mol. The van der Waals surface area contributed by atoms with Crippen LogP contribution in [-0.2, 0) is 22.4 Å². The monoisotopic (exact) mass is 250 g/mol. The molecule has 3 heterocycles. The standard InChI is InChI=1S/C15H10N2O2/c18-11-5-9-3-1-8-2-4-10-6-12(19)17-7-16(11)14(9)13(8)15(10)17/h1-4H,5-7H2. The van der Waals surface area contributed by atoms with Crippen molar-refractivity contribution in [2.75, 3.05) is 16.5 Å². The van der Waals surface area contributed by atoms with Crippen molar-refractivity contribution in [3.8, 4) is 0 Å². The van der Waals surface area contributed by atoms with Gasteiger partial charge in [0.2, 0.25) is 11.8 Å². The van der Waals surface area contributed by atoms with E-state index in [-0.39, 0.29) is 11.8 Å². The van der Waals surface area contributed by atoms with Crippen LogP contribution in [0.1, 0.15) is 11.1 Å². The van der Waals surface area contributed by atoms with Crippen LogP contribution in [0.2, 0.25) is 0 Å². The highest BCUT2D eigenvalue weighted by Gasteiger charge is 2.41. The number of amides is 2. The van der Waals surface area contributed by atoms with Gasteiger partial charge in [0.05, 0.1) is 24.2 Å². The second kappa shape index (κ2) is 2.79. The Bertz CT molecular complexity index is 747. The molecule has 0 radical (unpaired) electrons. The number of hydrogen-bond donors (Lipinski definition) is 0. The Labute approximate surface area is 109 Å². The van der Waals surface area contributed by atoms with Gasteiger partial charge in [0.25, 0.3) is 0 Å². The fourth-order valence-corrected chi connectivity index (χ4v) is 3.58. The van der Waals surface area contributed by atoms with Gasteiger partial charge in [-0.05, 0) is 16.5 Å². The molecule has 3 aliphatic rings. The zero-order valence-corrected chi connectivity index (χ0v) is 10.1. The largest absolute Gasteiger partial charge is 0.292 e. The summed E-state index contributed by atoms with van der Waals surface area (Å²) < 4.78 is 0. The molecule has 2 aromatic carbocycles. The first-order valence-electron chi connectivity index (χ1n) is 6.42.